The minimum absolute atomic E-state index is 0.129. The lowest BCUT2D eigenvalue weighted by Crippen LogP contribution is -2.00. The van der Waals surface area contributed by atoms with Crippen LogP contribution in [0.15, 0.2) is 22.7 Å². The number of hydrogen-bond acceptors (Lipinski definition) is 1. The van der Waals surface area contributed by atoms with E-state index >= 15 is 0 Å². The third kappa shape index (κ3) is 2.29. The molecular formula is C8H5BrClFO. The normalized spacial score (nSPS) is 9.92. The molecule has 0 aliphatic rings. The first-order chi connectivity index (χ1) is 5.63. The summed E-state index contributed by atoms with van der Waals surface area (Å²) in [6.07, 6.45) is 0. The number of carbonyl (C=O) groups is 1. The molecular weight excluding hydrogens is 246 g/mol. The predicted molar refractivity (Wildman–Crippen MR) is 49.2 cm³/mol. The van der Waals surface area contributed by atoms with Crippen LogP contribution in [0.4, 0.5) is 4.39 Å². The highest BCUT2D eigenvalue weighted by Gasteiger charge is 2.06. The van der Waals surface area contributed by atoms with Gasteiger partial charge in [-0.3, -0.25) is 4.79 Å². The minimum atomic E-state index is -0.446. The molecule has 0 unspecified atom stereocenters. The van der Waals surface area contributed by atoms with Crippen molar-refractivity contribution in [3.8, 4) is 0 Å². The van der Waals surface area contributed by atoms with Gasteiger partial charge in [-0.05, 0) is 18.2 Å². The second-order valence-corrected chi connectivity index (χ2v) is 3.40. The van der Waals surface area contributed by atoms with E-state index in [2.05, 4.69) is 15.9 Å². The van der Waals surface area contributed by atoms with Crippen LogP contribution >= 0.6 is 27.5 Å². The van der Waals surface area contributed by atoms with E-state index in [1.54, 1.807) is 0 Å². The summed E-state index contributed by atoms with van der Waals surface area (Å²) in [5.74, 6) is -0.856. The van der Waals surface area contributed by atoms with E-state index in [1.165, 1.54) is 12.1 Å². The Kier molecular flexibility index (Phi) is 3.23. The first-order valence-electron chi connectivity index (χ1n) is 3.18. The zero-order valence-corrected chi connectivity index (χ0v) is 8.32. The number of halogens is 3. The summed E-state index contributed by atoms with van der Waals surface area (Å²) in [6, 6.07) is 3.98. The molecule has 0 fully saturated rings. The molecule has 0 radical (unpaired) electrons. The first-order valence-corrected chi connectivity index (χ1v) is 4.51. The number of hydrogen-bond donors (Lipinski definition) is 0. The van der Waals surface area contributed by atoms with Gasteiger partial charge in [-0.1, -0.05) is 15.9 Å². The Morgan fingerprint density at radius 1 is 1.50 bits per heavy atom. The molecule has 1 rings (SSSR count). The van der Waals surface area contributed by atoms with Crippen LogP contribution in [0.25, 0.3) is 0 Å². The molecule has 1 aromatic rings. The number of carbonyl (C=O) groups excluding carboxylic acids is 1. The molecule has 4 heteroatoms. The average Bonchev–Trinajstić information content (AvgIpc) is 2.01. The summed E-state index contributed by atoms with van der Waals surface area (Å²) >= 11 is 8.38. The Morgan fingerprint density at radius 3 is 2.67 bits per heavy atom. The van der Waals surface area contributed by atoms with Crippen molar-refractivity contribution in [1.29, 1.82) is 0 Å². The maximum atomic E-state index is 12.7. The summed E-state index contributed by atoms with van der Waals surface area (Å²) < 4.78 is 13.2. The molecule has 0 spiro atoms. The van der Waals surface area contributed by atoms with E-state index in [0.717, 1.165) is 6.07 Å². The van der Waals surface area contributed by atoms with Crippen LogP contribution in [0.2, 0.25) is 0 Å². The number of Topliss-reactive ketones (excluding diaryl/α,β-unsaturated/α-hetero) is 1. The molecule has 0 saturated heterocycles. The van der Waals surface area contributed by atoms with Gasteiger partial charge in [0.1, 0.15) is 5.82 Å². The van der Waals surface area contributed by atoms with Crippen molar-refractivity contribution < 1.29 is 9.18 Å². The van der Waals surface area contributed by atoms with E-state index in [0.29, 0.717) is 4.47 Å². The zero-order valence-electron chi connectivity index (χ0n) is 5.98. The van der Waals surface area contributed by atoms with Gasteiger partial charge in [0.15, 0.2) is 5.78 Å². The van der Waals surface area contributed by atoms with Gasteiger partial charge in [-0.25, -0.2) is 4.39 Å². The standard InChI is InChI=1S/C8H5BrClFO/c9-6-1-5(8(12)4-10)2-7(11)3-6/h1-3H,4H2. The molecule has 0 heterocycles. The van der Waals surface area contributed by atoms with Gasteiger partial charge in [0, 0.05) is 10.0 Å². The fraction of sp³-hybridized carbons (Fsp3) is 0.125. The average molecular weight is 251 g/mol. The van der Waals surface area contributed by atoms with Gasteiger partial charge < -0.3 is 0 Å². The van der Waals surface area contributed by atoms with Crippen LogP contribution in [0.5, 0.6) is 0 Å². The topological polar surface area (TPSA) is 17.1 Å². The maximum absolute atomic E-state index is 12.7. The van der Waals surface area contributed by atoms with Crippen molar-refractivity contribution in [2.75, 3.05) is 5.88 Å². The SMILES string of the molecule is O=C(CCl)c1cc(F)cc(Br)c1. The van der Waals surface area contributed by atoms with Crippen LogP contribution in [0, 0.1) is 5.82 Å². The van der Waals surface area contributed by atoms with Gasteiger partial charge in [-0.2, -0.15) is 0 Å². The lowest BCUT2D eigenvalue weighted by Gasteiger charge is -1.97. The quantitative estimate of drug-likeness (QED) is 0.583. The molecule has 1 nitrogen and oxygen atoms in total. The van der Waals surface area contributed by atoms with Crippen molar-refractivity contribution in [1.82, 2.24) is 0 Å². The van der Waals surface area contributed by atoms with Gasteiger partial charge in [0.2, 0.25) is 0 Å². The van der Waals surface area contributed by atoms with Crippen LogP contribution in [0.1, 0.15) is 10.4 Å². The summed E-state index contributed by atoms with van der Waals surface area (Å²) in [7, 11) is 0. The van der Waals surface area contributed by atoms with Crippen LogP contribution in [-0.4, -0.2) is 11.7 Å². The predicted octanol–water partition coefficient (Wildman–Crippen LogP) is 3.01. The molecule has 0 saturated carbocycles. The summed E-state index contributed by atoms with van der Waals surface area (Å²) in [5.41, 5.74) is 0.289. The number of benzene rings is 1. The van der Waals surface area contributed by atoms with Crippen molar-refractivity contribution in [2.45, 2.75) is 0 Å². The van der Waals surface area contributed by atoms with Crippen LogP contribution in [-0.2, 0) is 0 Å². The largest absolute Gasteiger partial charge is 0.293 e. The molecule has 0 aliphatic carbocycles. The molecule has 0 aromatic heterocycles. The number of alkyl halides is 1. The minimum Gasteiger partial charge on any atom is -0.293 e. The molecule has 0 aliphatic heterocycles. The summed E-state index contributed by atoms with van der Waals surface area (Å²) in [6.45, 7) is 0. The molecule has 0 amide bonds. The van der Waals surface area contributed by atoms with E-state index in [-0.39, 0.29) is 17.2 Å². The lowest BCUT2D eigenvalue weighted by atomic mass is 10.1. The van der Waals surface area contributed by atoms with Crippen LogP contribution in [0.3, 0.4) is 0 Å². The Hall–Kier alpha value is -0.410. The smallest absolute Gasteiger partial charge is 0.177 e. The van der Waals surface area contributed by atoms with Crippen molar-refractivity contribution in [3.05, 3.63) is 34.1 Å². The zero-order chi connectivity index (χ0) is 9.14. The van der Waals surface area contributed by atoms with Gasteiger partial charge >= 0.3 is 0 Å². The Morgan fingerprint density at radius 2 is 2.17 bits per heavy atom. The van der Waals surface area contributed by atoms with E-state index < -0.39 is 5.82 Å². The highest BCUT2D eigenvalue weighted by molar-refractivity contribution is 9.10. The Balaban J connectivity index is 3.08. The molecule has 1 aromatic carbocycles. The Bertz CT molecular complexity index is 294. The van der Waals surface area contributed by atoms with E-state index in [1.807, 2.05) is 0 Å². The lowest BCUT2D eigenvalue weighted by molar-refractivity contribution is 0.102. The summed E-state index contributed by atoms with van der Waals surface area (Å²) in [5, 5.41) is 0. The fourth-order valence-corrected chi connectivity index (χ4v) is 1.41. The highest BCUT2D eigenvalue weighted by Crippen LogP contribution is 2.15. The third-order valence-electron chi connectivity index (χ3n) is 1.31. The van der Waals surface area contributed by atoms with Gasteiger partial charge in [0.25, 0.3) is 0 Å². The third-order valence-corrected chi connectivity index (χ3v) is 2.01. The molecule has 12 heavy (non-hydrogen) atoms. The van der Waals surface area contributed by atoms with E-state index in [9.17, 15) is 9.18 Å². The number of ketones is 1. The van der Waals surface area contributed by atoms with Crippen molar-refractivity contribution in [2.24, 2.45) is 0 Å². The first kappa shape index (κ1) is 9.68. The van der Waals surface area contributed by atoms with E-state index in [4.69, 9.17) is 11.6 Å². The molecule has 0 bridgehead atoms. The maximum Gasteiger partial charge on any atom is 0.177 e. The van der Waals surface area contributed by atoms with Gasteiger partial charge in [-0.15, -0.1) is 11.6 Å². The highest BCUT2D eigenvalue weighted by atomic mass is 79.9. The second-order valence-electron chi connectivity index (χ2n) is 2.21. The second kappa shape index (κ2) is 4.01. The molecule has 0 atom stereocenters. The van der Waals surface area contributed by atoms with Crippen molar-refractivity contribution in [3.63, 3.8) is 0 Å². The number of rotatable bonds is 2. The molecule has 64 valence electrons. The van der Waals surface area contributed by atoms with Crippen molar-refractivity contribution >= 4 is 33.3 Å². The van der Waals surface area contributed by atoms with Gasteiger partial charge in [0.05, 0.1) is 5.88 Å². The monoisotopic (exact) mass is 250 g/mol. The fourth-order valence-electron chi connectivity index (χ4n) is 0.792. The van der Waals surface area contributed by atoms with Crippen LogP contribution < -0.4 is 0 Å². The Labute approximate surface area is 82.7 Å². The molecule has 0 N–H and O–H groups in total. The summed E-state index contributed by atoms with van der Waals surface area (Å²) in [4.78, 5) is 11.0.